The molecule has 2 aliphatic rings. The zero-order valence-corrected chi connectivity index (χ0v) is 34.7. The molecular weight excluding hydrogens is 781 g/mol. The van der Waals surface area contributed by atoms with Crippen LogP contribution in [0.15, 0.2) is 223 Å². The summed E-state index contributed by atoms with van der Waals surface area (Å²) >= 11 is 0. The van der Waals surface area contributed by atoms with Crippen molar-refractivity contribution < 1.29 is 9.15 Å². The van der Waals surface area contributed by atoms with Crippen LogP contribution in [0.5, 0.6) is 5.75 Å². The van der Waals surface area contributed by atoms with Crippen LogP contribution in [0.4, 0.5) is 0 Å². The van der Waals surface area contributed by atoms with Gasteiger partial charge in [0.1, 0.15) is 11.3 Å². The molecule has 0 saturated carbocycles. The lowest BCUT2D eigenvalue weighted by Crippen LogP contribution is -2.14. The topological polar surface area (TPSA) is 32.2 Å². The molecule has 9 aromatic carbocycles. The van der Waals surface area contributed by atoms with E-state index in [2.05, 4.69) is 228 Å². The quantitative estimate of drug-likeness (QED) is 0.173. The number of para-hydroxylation sites is 4. The third kappa shape index (κ3) is 5.17. The first-order chi connectivity index (χ1) is 31.7. The second kappa shape index (κ2) is 13.6. The van der Waals surface area contributed by atoms with Crippen molar-refractivity contribution in [3.8, 4) is 39.4 Å². The molecule has 300 valence electrons. The average molecular weight is 819 g/mol. The first kappa shape index (κ1) is 35.3. The molecule has 2 unspecified atom stereocenters. The minimum Gasteiger partial charge on any atom is -0.481 e. The molecule has 14 rings (SSSR count). The van der Waals surface area contributed by atoms with Gasteiger partial charge in [0.15, 0.2) is 11.9 Å². The maximum absolute atomic E-state index is 7.10. The van der Waals surface area contributed by atoms with Gasteiger partial charge in [-0.25, -0.2) is 0 Å². The number of hydrogen-bond donors (Lipinski definition) is 0. The summed E-state index contributed by atoms with van der Waals surface area (Å²) in [4.78, 5) is 0. The fourth-order valence-corrected chi connectivity index (χ4v) is 10.8. The summed E-state index contributed by atoms with van der Waals surface area (Å²) in [5.74, 6) is 1.65. The molecule has 0 N–H and O–H groups in total. The third-order valence-electron chi connectivity index (χ3n) is 13.6. The maximum Gasteiger partial charge on any atom is 0.167 e. The molecule has 64 heavy (non-hydrogen) atoms. The number of hydrogen-bond acceptors (Lipinski definition) is 2. The zero-order chi connectivity index (χ0) is 41.9. The van der Waals surface area contributed by atoms with Crippen LogP contribution in [0.3, 0.4) is 0 Å². The second-order valence-electron chi connectivity index (χ2n) is 17.2. The van der Waals surface area contributed by atoms with Crippen molar-refractivity contribution in [1.29, 1.82) is 0 Å². The second-order valence-corrected chi connectivity index (χ2v) is 17.2. The number of aromatic nitrogens is 2. The Bertz CT molecular complexity index is 3720. The Morgan fingerprint density at radius 1 is 0.375 bits per heavy atom. The van der Waals surface area contributed by atoms with Gasteiger partial charge < -0.3 is 18.3 Å². The van der Waals surface area contributed by atoms with Crippen molar-refractivity contribution in [3.63, 3.8) is 0 Å². The van der Waals surface area contributed by atoms with E-state index < -0.39 is 0 Å². The SMILES string of the molecule is C1=C(c2cc(-c3ccccc3)cc(-c3ccccc3)c2)c2c(oc3ccc(-n4c5ccccc5c5ccccc54)cc23)C2Oc3ccc(-n4c5ccccc5c5ccccc54)cc3C12. The van der Waals surface area contributed by atoms with Gasteiger partial charge in [-0.1, -0.05) is 140 Å². The molecule has 0 fully saturated rings. The van der Waals surface area contributed by atoms with Gasteiger partial charge in [-0.05, 0) is 112 Å². The highest BCUT2D eigenvalue weighted by Crippen LogP contribution is 2.56. The smallest absolute Gasteiger partial charge is 0.167 e. The predicted molar refractivity (Wildman–Crippen MR) is 262 cm³/mol. The number of benzene rings is 9. The molecule has 3 aromatic heterocycles. The number of nitrogens with zero attached hydrogens (tertiary/aromatic N) is 2. The molecule has 4 heteroatoms. The van der Waals surface area contributed by atoms with E-state index in [1.54, 1.807) is 0 Å². The van der Waals surface area contributed by atoms with Gasteiger partial charge in [0.2, 0.25) is 0 Å². The number of ether oxygens (including phenoxy) is 1. The Labute approximate surface area is 369 Å². The van der Waals surface area contributed by atoms with Crippen molar-refractivity contribution in [2.45, 2.75) is 12.0 Å². The molecule has 0 spiro atoms. The summed E-state index contributed by atoms with van der Waals surface area (Å²) < 4.78 is 18.9. The van der Waals surface area contributed by atoms with Gasteiger partial charge in [0.25, 0.3) is 0 Å². The Kier molecular flexibility index (Phi) is 7.48. The van der Waals surface area contributed by atoms with Gasteiger partial charge in [-0.15, -0.1) is 0 Å². The lowest BCUT2D eigenvalue weighted by molar-refractivity contribution is 0.193. The molecule has 4 nitrogen and oxygen atoms in total. The zero-order valence-electron chi connectivity index (χ0n) is 34.7. The highest BCUT2D eigenvalue weighted by Gasteiger charge is 2.43. The van der Waals surface area contributed by atoms with E-state index in [1.807, 2.05) is 0 Å². The van der Waals surface area contributed by atoms with Crippen LogP contribution in [0.1, 0.15) is 34.5 Å². The van der Waals surface area contributed by atoms with E-state index in [9.17, 15) is 0 Å². The molecule has 12 aromatic rings. The molecule has 4 heterocycles. The van der Waals surface area contributed by atoms with E-state index in [-0.39, 0.29) is 12.0 Å². The van der Waals surface area contributed by atoms with E-state index in [0.29, 0.717) is 0 Å². The molecule has 1 aliphatic heterocycles. The van der Waals surface area contributed by atoms with Crippen LogP contribution in [0, 0.1) is 0 Å². The fourth-order valence-electron chi connectivity index (χ4n) is 10.8. The van der Waals surface area contributed by atoms with E-state index in [1.165, 1.54) is 54.7 Å². The monoisotopic (exact) mass is 818 g/mol. The number of furan rings is 1. The van der Waals surface area contributed by atoms with Crippen LogP contribution in [-0.4, -0.2) is 9.13 Å². The molecular formula is C60H38N2O2. The van der Waals surface area contributed by atoms with Crippen molar-refractivity contribution in [2.24, 2.45) is 0 Å². The highest BCUT2D eigenvalue weighted by molar-refractivity contribution is 6.11. The van der Waals surface area contributed by atoms with Gasteiger partial charge in [0.05, 0.1) is 28.0 Å². The van der Waals surface area contributed by atoms with Crippen LogP contribution in [-0.2, 0) is 0 Å². The van der Waals surface area contributed by atoms with E-state index in [0.717, 1.165) is 67.2 Å². The molecule has 2 atom stereocenters. The van der Waals surface area contributed by atoms with Crippen molar-refractivity contribution >= 4 is 60.2 Å². The lowest BCUT2D eigenvalue weighted by atomic mass is 9.79. The summed E-state index contributed by atoms with van der Waals surface area (Å²) in [6.45, 7) is 0. The summed E-state index contributed by atoms with van der Waals surface area (Å²) in [7, 11) is 0. The van der Waals surface area contributed by atoms with Crippen LogP contribution >= 0.6 is 0 Å². The summed E-state index contributed by atoms with van der Waals surface area (Å²) in [5, 5.41) is 6.02. The molecule has 0 saturated heterocycles. The maximum atomic E-state index is 7.10. The average Bonchev–Trinajstić information content (AvgIpc) is 4.12. The number of rotatable bonds is 5. The summed E-state index contributed by atoms with van der Waals surface area (Å²) in [5.41, 5.74) is 16.9. The minimum atomic E-state index is -0.336. The summed E-state index contributed by atoms with van der Waals surface area (Å²) in [6.07, 6.45) is 2.13. The van der Waals surface area contributed by atoms with Gasteiger partial charge in [-0.3, -0.25) is 0 Å². The third-order valence-corrected chi connectivity index (χ3v) is 13.6. The Hall–Kier alpha value is -8.34. The Balaban J connectivity index is 1.02. The van der Waals surface area contributed by atoms with Gasteiger partial charge in [0, 0.05) is 49.4 Å². The standard InChI is InChI=1S/C60H38N2O2/c1-3-15-37(16-4-1)39-31-40(38-17-5-2-6-18-38)33-41(32-39)48-36-50-49-34-42(61-52-23-11-7-19-44(52)45-20-8-12-24-53(45)61)27-29-56(49)63-59(50)60-58(48)51-35-43(28-30-57(51)64-60)62-54-25-13-9-21-46(54)47-22-10-14-26-55(47)62/h1-36,50,59H. The highest BCUT2D eigenvalue weighted by atomic mass is 16.5. The molecule has 0 bridgehead atoms. The summed E-state index contributed by atoms with van der Waals surface area (Å²) in [6, 6.07) is 76.7. The fraction of sp³-hybridized carbons (Fsp3) is 0.0333. The van der Waals surface area contributed by atoms with E-state index in [4.69, 9.17) is 9.15 Å². The minimum absolute atomic E-state index is 0.0940. The van der Waals surface area contributed by atoms with Crippen molar-refractivity contribution in [1.82, 2.24) is 9.13 Å². The Morgan fingerprint density at radius 3 is 1.39 bits per heavy atom. The van der Waals surface area contributed by atoms with E-state index >= 15 is 0 Å². The molecule has 0 radical (unpaired) electrons. The Morgan fingerprint density at radius 2 is 0.844 bits per heavy atom. The molecule has 1 aliphatic carbocycles. The first-order valence-electron chi connectivity index (χ1n) is 22.1. The lowest BCUT2D eigenvalue weighted by Gasteiger charge is -2.24. The van der Waals surface area contributed by atoms with Crippen LogP contribution in [0.2, 0.25) is 0 Å². The van der Waals surface area contributed by atoms with Crippen LogP contribution < -0.4 is 4.74 Å². The van der Waals surface area contributed by atoms with Crippen molar-refractivity contribution in [3.05, 3.63) is 241 Å². The largest absolute Gasteiger partial charge is 0.481 e. The van der Waals surface area contributed by atoms with Crippen LogP contribution in [0.25, 0.3) is 93.8 Å². The molecule has 0 amide bonds. The van der Waals surface area contributed by atoms with Gasteiger partial charge in [-0.2, -0.15) is 0 Å². The predicted octanol–water partition coefficient (Wildman–Crippen LogP) is 15.6. The van der Waals surface area contributed by atoms with Gasteiger partial charge >= 0.3 is 0 Å². The normalized spacial score (nSPS) is 15.4. The number of fused-ring (bicyclic) bond motifs is 13. The van der Waals surface area contributed by atoms with Crippen molar-refractivity contribution in [2.75, 3.05) is 0 Å². The first-order valence-corrected chi connectivity index (χ1v) is 22.1.